The summed E-state index contributed by atoms with van der Waals surface area (Å²) in [6.45, 7) is 0. The summed E-state index contributed by atoms with van der Waals surface area (Å²) in [6.07, 6.45) is 0. The first-order chi connectivity index (χ1) is 28.8. The number of para-hydroxylation sites is 2. The van der Waals surface area contributed by atoms with E-state index in [9.17, 15) is 0 Å². The van der Waals surface area contributed by atoms with E-state index >= 15 is 0 Å². The fourth-order valence-electron chi connectivity index (χ4n) is 8.76. The number of fused-ring (bicyclic) bond motifs is 6. The van der Waals surface area contributed by atoms with E-state index in [1.165, 1.54) is 76.7 Å². The minimum atomic E-state index is 1.09. The minimum Gasteiger partial charge on any atom is -0.310 e. The molecule has 0 unspecified atom stereocenters. The normalized spacial score (nSPS) is 11.4. The van der Waals surface area contributed by atoms with Crippen LogP contribution in [0.25, 0.3) is 82.4 Å². The largest absolute Gasteiger partial charge is 0.310 e. The van der Waals surface area contributed by atoms with Crippen LogP contribution in [-0.2, 0) is 0 Å². The summed E-state index contributed by atoms with van der Waals surface area (Å²) in [5.74, 6) is 0. The quantitative estimate of drug-likeness (QED) is 0.158. The van der Waals surface area contributed by atoms with Crippen molar-refractivity contribution in [2.45, 2.75) is 0 Å². The predicted octanol–water partition coefficient (Wildman–Crippen LogP) is 15.6. The van der Waals surface area contributed by atoms with Crippen LogP contribution in [0.3, 0.4) is 0 Å². The van der Waals surface area contributed by atoms with Crippen LogP contribution in [0.5, 0.6) is 0 Å². The number of benzene rings is 10. The molecule has 272 valence electrons. The van der Waals surface area contributed by atoms with Gasteiger partial charge in [0, 0.05) is 38.8 Å². The van der Waals surface area contributed by atoms with Gasteiger partial charge in [0.15, 0.2) is 0 Å². The van der Waals surface area contributed by atoms with Crippen molar-refractivity contribution in [2.24, 2.45) is 0 Å². The summed E-state index contributed by atoms with van der Waals surface area (Å²) in [4.78, 5) is 2.38. The van der Waals surface area contributed by atoms with Gasteiger partial charge in [-0.25, -0.2) is 0 Å². The van der Waals surface area contributed by atoms with Crippen molar-refractivity contribution in [1.29, 1.82) is 0 Å². The molecular weight excluding hydrogens is 701 g/mol. The Morgan fingerprint density at radius 2 is 0.879 bits per heavy atom. The second kappa shape index (κ2) is 14.1. The van der Waals surface area contributed by atoms with E-state index in [0.29, 0.717) is 0 Å². The van der Waals surface area contributed by atoms with Gasteiger partial charge in [0.25, 0.3) is 0 Å². The van der Waals surface area contributed by atoms with Gasteiger partial charge in [0.1, 0.15) is 0 Å². The highest BCUT2D eigenvalue weighted by Crippen LogP contribution is 2.42. The van der Waals surface area contributed by atoms with Crippen LogP contribution in [0.15, 0.2) is 231 Å². The summed E-state index contributed by atoms with van der Waals surface area (Å²) in [5.41, 5.74) is 14.0. The zero-order valence-corrected chi connectivity index (χ0v) is 31.8. The molecule has 0 spiro atoms. The molecule has 0 bridgehead atoms. The first-order valence-corrected chi connectivity index (χ1v) is 19.9. The minimum absolute atomic E-state index is 1.09. The molecule has 11 aromatic rings. The van der Waals surface area contributed by atoms with E-state index in [1.807, 2.05) is 0 Å². The predicted molar refractivity (Wildman–Crippen MR) is 247 cm³/mol. The maximum atomic E-state index is 2.44. The summed E-state index contributed by atoms with van der Waals surface area (Å²) in [6, 6.07) is 83.6. The van der Waals surface area contributed by atoms with Crippen molar-refractivity contribution in [2.75, 3.05) is 4.90 Å². The van der Waals surface area contributed by atoms with Crippen LogP contribution in [0.2, 0.25) is 0 Å². The molecule has 0 radical (unpaired) electrons. The average molecular weight is 739 g/mol. The first-order valence-electron chi connectivity index (χ1n) is 19.9. The Labute approximate surface area is 338 Å². The highest BCUT2D eigenvalue weighted by molar-refractivity contribution is 6.18. The smallest absolute Gasteiger partial charge is 0.0619 e. The molecule has 0 N–H and O–H groups in total. The Bertz CT molecular complexity index is 3270. The van der Waals surface area contributed by atoms with E-state index in [0.717, 1.165) is 22.7 Å². The maximum Gasteiger partial charge on any atom is 0.0619 e. The van der Waals surface area contributed by atoms with Crippen LogP contribution < -0.4 is 4.90 Å². The molecule has 10 aromatic carbocycles. The lowest BCUT2D eigenvalue weighted by Crippen LogP contribution is -2.11. The van der Waals surface area contributed by atoms with Gasteiger partial charge in [-0.2, -0.15) is 0 Å². The SMILES string of the molecule is c1ccc(-c2ccccc2N(c2ccc(-c3cccc(-n4c5ccccc5c5ccc6ccccc6c54)c3)cc2)c2ccc(-c3ccc4ccccc4c3)cc2)cc1. The number of hydrogen-bond acceptors (Lipinski definition) is 1. The van der Waals surface area contributed by atoms with E-state index in [2.05, 4.69) is 240 Å². The topological polar surface area (TPSA) is 8.17 Å². The average Bonchev–Trinajstić information content (AvgIpc) is 3.65. The fourth-order valence-corrected chi connectivity index (χ4v) is 8.76. The molecule has 0 aliphatic rings. The van der Waals surface area contributed by atoms with Gasteiger partial charge in [-0.15, -0.1) is 0 Å². The van der Waals surface area contributed by atoms with Crippen molar-refractivity contribution in [3.63, 3.8) is 0 Å². The highest BCUT2D eigenvalue weighted by Gasteiger charge is 2.19. The Balaban J connectivity index is 1.01. The van der Waals surface area contributed by atoms with Gasteiger partial charge in [-0.1, -0.05) is 176 Å². The van der Waals surface area contributed by atoms with E-state index < -0.39 is 0 Å². The molecule has 0 aliphatic heterocycles. The lowest BCUT2D eigenvalue weighted by atomic mass is 9.99. The summed E-state index contributed by atoms with van der Waals surface area (Å²) < 4.78 is 2.44. The van der Waals surface area contributed by atoms with Crippen LogP contribution >= 0.6 is 0 Å². The van der Waals surface area contributed by atoms with Gasteiger partial charge in [0.2, 0.25) is 0 Å². The third-order valence-electron chi connectivity index (χ3n) is 11.6. The standard InChI is InChI=1S/C56H38N2/c1-2-14-42(15-3-1)50-20-8-10-23-54(50)57(48-34-29-41(30-35-48)46-26-25-39-13-4-5-17-44(39)37-46)47-32-27-40(28-33-47)45-18-12-19-49(38-45)58-55-24-11-9-22-52(55)53-36-31-43-16-6-7-21-51(43)56(53)58/h1-38H. The van der Waals surface area contributed by atoms with Crippen LogP contribution in [0.1, 0.15) is 0 Å². The molecule has 0 saturated carbocycles. The lowest BCUT2D eigenvalue weighted by Gasteiger charge is -2.28. The van der Waals surface area contributed by atoms with Gasteiger partial charge in [-0.3, -0.25) is 0 Å². The molecule has 2 nitrogen and oxygen atoms in total. The Morgan fingerprint density at radius 3 is 1.66 bits per heavy atom. The number of aromatic nitrogens is 1. The Kier molecular flexibility index (Phi) is 8.19. The number of hydrogen-bond donors (Lipinski definition) is 0. The molecule has 0 atom stereocenters. The second-order valence-electron chi connectivity index (χ2n) is 15.0. The summed E-state index contributed by atoms with van der Waals surface area (Å²) in [7, 11) is 0. The highest BCUT2D eigenvalue weighted by atomic mass is 15.1. The van der Waals surface area contributed by atoms with E-state index in [4.69, 9.17) is 0 Å². The van der Waals surface area contributed by atoms with E-state index in [-0.39, 0.29) is 0 Å². The van der Waals surface area contributed by atoms with Crippen molar-refractivity contribution >= 4 is 60.4 Å². The Hall–Kier alpha value is -7.68. The molecule has 1 aromatic heterocycles. The van der Waals surface area contributed by atoms with Crippen LogP contribution in [0, 0.1) is 0 Å². The van der Waals surface area contributed by atoms with Gasteiger partial charge < -0.3 is 9.47 Å². The van der Waals surface area contributed by atoms with Crippen LogP contribution in [0.4, 0.5) is 17.1 Å². The monoisotopic (exact) mass is 738 g/mol. The zero-order valence-electron chi connectivity index (χ0n) is 31.8. The third-order valence-corrected chi connectivity index (χ3v) is 11.6. The number of nitrogens with zero attached hydrogens (tertiary/aromatic N) is 2. The fraction of sp³-hybridized carbons (Fsp3) is 0. The van der Waals surface area contributed by atoms with Gasteiger partial charge >= 0.3 is 0 Å². The number of rotatable bonds is 7. The van der Waals surface area contributed by atoms with Crippen molar-refractivity contribution in [1.82, 2.24) is 4.57 Å². The molecular formula is C56H38N2. The van der Waals surface area contributed by atoms with Crippen molar-refractivity contribution < 1.29 is 0 Å². The molecule has 11 rings (SSSR count). The Morgan fingerprint density at radius 1 is 0.310 bits per heavy atom. The molecule has 2 heteroatoms. The van der Waals surface area contributed by atoms with Gasteiger partial charge in [0.05, 0.1) is 16.7 Å². The lowest BCUT2D eigenvalue weighted by molar-refractivity contribution is 1.19. The molecule has 0 saturated heterocycles. The molecule has 1 heterocycles. The third kappa shape index (κ3) is 5.82. The summed E-state index contributed by atoms with van der Waals surface area (Å²) in [5, 5.41) is 7.53. The second-order valence-corrected chi connectivity index (χ2v) is 15.0. The molecule has 0 amide bonds. The molecule has 0 fully saturated rings. The van der Waals surface area contributed by atoms with E-state index in [1.54, 1.807) is 0 Å². The maximum absolute atomic E-state index is 2.44. The van der Waals surface area contributed by atoms with Crippen molar-refractivity contribution in [3.05, 3.63) is 231 Å². The number of anilines is 3. The summed E-state index contributed by atoms with van der Waals surface area (Å²) >= 11 is 0. The zero-order chi connectivity index (χ0) is 38.4. The van der Waals surface area contributed by atoms with Gasteiger partial charge in [-0.05, 0) is 98.6 Å². The van der Waals surface area contributed by atoms with Crippen molar-refractivity contribution in [3.8, 4) is 39.1 Å². The first kappa shape index (κ1) is 33.6. The molecule has 0 aliphatic carbocycles. The molecule has 58 heavy (non-hydrogen) atoms. The van der Waals surface area contributed by atoms with Crippen LogP contribution in [-0.4, -0.2) is 4.57 Å².